The van der Waals surface area contributed by atoms with Gasteiger partial charge in [0.05, 0.1) is 11.4 Å². The minimum atomic E-state index is -0.885. The first-order valence-electron chi connectivity index (χ1n) is 10.1. The Morgan fingerprint density at radius 3 is 2.41 bits per heavy atom. The number of carbonyl (C=O) groups is 2. The Kier molecular flexibility index (Phi) is 7.38. The monoisotopic (exact) mass is 431 g/mol. The number of aliphatic imine (C=N–C) groups is 1. The maximum atomic E-state index is 12.8. The lowest BCUT2D eigenvalue weighted by molar-refractivity contribution is -0.119. The van der Waals surface area contributed by atoms with Crippen molar-refractivity contribution in [1.82, 2.24) is 20.3 Å². The average Bonchev–Trinajstić information content (AvgIpc) is 2.77. The van der Waals surface area contributed by atoms with Gasteiger partial charge >= 0.3 is 6.09 Å². The highest BCUT2D eigenvalue weighted by molar-refractivity contribution is 5.95. The lowest BCUT2D eigenvalue weighted by Crippen LogP contribution is -2.44. The molecule has 3 heterocycles. The summed E-state index contributed by atoms with van der Waals surface area (Å²) in [4.78, 5) is 41.7. The van der Waals surface area contributed by atoms with Gasteiger partial charge in [-0.25, -0.2) is 9.79 Å². The van der Waals surface area contributed by atoms with Crippen LogP contribution in [0.15, 0.2) is 72.2 Å². The molecule has 0 aliphatic rings. The minimum absolute atomic E-state index is 0.259. The molecular formula is C24H25N5O3. The van der Waals surface area contributed by atoms with E-state index in [4.69, 9.17) is 4.74 Å². The second kappa shape index (κ2) is 10.4. The largest absolute Gasteiger partial charge is 0.444 e. The van der Waals surface area contributed by atoms with Crippen LogP contribution in [0.1, 0.15) is 31.9 Å². The fourth-order valence-electron chi connectivity index (χ4n) is 2.78. The number of rotatable bonds is 6. The molecule has 0 unspecified atom stereocenters. The van der Waals surface area contributed by atoms with Gasteiger partial charge in [0.25, 0.3) is 5.91 Å². The van der Waals surface area contributed by atoms with Gasteiger partial charge in [-0.05, 0) is 62.7 Å². The summed E-state index contributed by atoms with van der Waals surface area (Å²) in [5.41, 5.74) is 2.28. The third-order valence-electron chi connectivity index (χ3n) is 4.23. The van der Waals surface area contributed by atoms with Crippen LogP contribution in [0.3, 0.4) is 0 Å². The summed E-state index contributed by atoms with van der Waals surface area (Å²) in [5.74, 6) is -0.499. The van der Waals surface area contributed by atoms with Crippen molar-refractivity contribution in [2.75, 3.05) is 0 Å². The molecule has 1 atom stereocenters. The molecule has 0 aliphatic carbocycles. The number of amides is 2. The molecule has 8 nitrogen and oxygen atoms in total. The van der Waals surface area contributed by atoms with E-state index in [1.54, 1.807) is 63.8 Å². The fraction of sp³-hybridized carbons (Fsp3) is 0.250. The molecule has 0 aliphatic heterocycles. The van der Waals surface area contributed by atoms with E-state index >= 15 is 0 Å². The molecule has 3 rings (SSSR count). The van der Waals surface area contributed by atoms with E-state index in [-0.39, 0.29) is 6.42 Å². The summed E-state index contributed by atoms with van der Waals surface area (Å²) in [7, 11) is 0. The van der Waals surface area contributed by atoms with Gasteiger partial charge in [0.15, 0.2) is 0 Å². The third-order valence-corrected chi connectivity index (χ3v) is 4.23. The van der Waals surface area contributed by atoms with E-state index in [9.17, 15) is 9.59 Å². The van der Waals surface area contributed by atoms with E-state index in [0.717, 1.165) is 17.0 Å². The number of ether oxygens (including phenoxy) is 1. The van der Waals surface area contributed by atoms with Gasteiger partial charge in [-0.2, -0.15) is 0 Å². The molecule has 0 bridgehead atoms. The van der Waals surface area contributed by atoms with E-state index in [0.29, 0.717) is 5.56 Å². The maximum absolute atomic E-state index is 12.8. The SMILES string of the molecule is CC(C)(C)OC(=O)N[C@@H](Cc1ccncc1)C(=O)N=Cc1ccc(-c2ccccn2)nc1. The van der Waals surface area contributed by atoms with Crippen molar-refractivity contribution in [2.24, 2.45) is 4.99 Å². The first-order chi connectivity index (χ1) is 15.3. The Bertz CT molecular complexity index is 1060. The number of nitrogens with zero attached hydrogens (tertiary/aromatic N) is 4. The summed E-state index contributed by atoms with van der Waals surface area (Å²) in [6.07, 6.45) is 7.57. The highest BCUT2D eigenvalue weighted by atomic mass is 16.6. The van der Waals surface area contributed by atoms with Gasteiger partial charge < -0.3 is 10.1 Å². The van der Waals surface area contributed by atoms with E-state index in [1.807, 2.05) is 24.3 Å². The molecule has 0 saturated carbocycles. The third kappa shape index (κ3) is 7.09. The van der Waals surface area contributed by atoms with Crippen molar-refractivity contribution in [1.29, 1.82) is 0 Å². The molecule has 3 aromatic rings. The number of hydrogen-bond donors (Lipinski definition) is 1. The van der Waals surface area contributed by atoms with Crippen molar-refractivity contribution in [3.8, 4) is 11.4 Å². The molecule has 0 aromatic carbocycles. The zero-order chi connectivity index (χ0) is 23.0. The van der Waals surface area contributed by atoms with E-state index in [1.165, 1.54) is 6.21 Å². The summed E-state index contributed by atoms with van der Waals surface area (Å²) in [6, 6.07) is 11.9. The molecule has 32 heavy (non-hydrogen) atoms. The van der Waals surface area contributed by atoms with Gasteiger partial charge in [0.1, 0.15) is 11.6 Å². The maximum Gasteiger partial charge on any atom is 0.408 e. The highest BCUT2D eigenvalue weighted by Crippen LogP contribution is 2.13. The van der Waals surface area contributed by atoms with Crippen molar-refractivity contribution in [2.45, 2.75) is 38.8 Å². The van der Waals surface area contributed by atoms with Crippen molar-refractivity contribution >= 4 is 18.2 Å². The second-order valence-corrected chi connectivity index (χ2v) is 8.05. The lowest BCUT2D eigenvalue weighted by atomic mass is 10.1. The minimum Gasteiger partial charge on any atom is -0.444 e. The molecule has 164 valence electrons. The first-order valence-corrected chi connectivity index (χ1v) is 10.1. The van der Waals surface area contributed by atoms with Gasteiger partial charge in [-0.1, -0.05) is 6.07 Å². The van der Waals surface area contributed by atoms with Crippen LogP contribution in [0.2, 0.25) is 0 Å². The molecular weight excluding hydrogens is 406 g/mol. The van der Waals surface area contributed by atoms with E-state index in [2.05, 4.69) is 25.3 Å². The van der Waals surface area contributed by atoms with Crippen molar-refractivity contribution in [3.05, 3.63) is 78.4 Å². The summed E-state index contributed by atoms with van der Waals surface area (Å²) in [6.45, 7) is 5.27. The van der Waals surface area contributed by atoms with Crippen molar-refractivity contribution in [3.63, 3.8) is 0 Å². The smallest absolute Gasteiger partial charge is 0.408 e. The zero-order valence-electron chi connectivity index (χ0n) is 18.2. The number of hydrogen-bond acceptors (Lipinski definition) is 6. The van der Waals surface area contributed by atoms with Gasteiger partial charge in [-0.3, -0.25) is 19.7 Å². The topological polar surface area (TPSA) is 106 Å². The molecule has 0 radical (unpaired) electrons. The van der Waals surface area contributed by atoms with Crippen LogP contribution in [-0.4, -0.2) is 44.8 Å². The van der Waals surface area contributed by atoms with Gasteiger partial charge in [-0.15, -0.1) is 0 Å². The number of pyridine rings is 3. The van der Waals surface area contributed by atoms with E-state index < -0.39 is 23.6 Å². The molecule has 8 heteroatoms. The highest BCUT2D eigenvalue weighted by Gasteiger charge is 2.24. The predicted octanol–water partition coefficient (Wildman–Crippen LogP) is 3.62. The second-order valence-electron chi connectivity index (χ2n) is 8.05. The average molecular weight is 431 g/mol. The molecule has 2 amide bonds. The number of nitrogens with one attached hydrogen (secondary N) is 1. The summed E-state index contributed by atoms with van der Waals surface area (Å²) < 4.78 is 5.29. The van der Waals surface area contributed by atoms with Crippen LogP contribution >= 0.6 is 0 Å². The molecule has 0 fully saturated rings. The van der Waals surface area contributed by atoms with Crippen LogP contribution in [0.25, 0.3) is 11.4 Å². The van der Waals surface area contributed by atoms with Crippen LogP contribution in [0.5, 0.6) is 0 Å². The number of aromatic nitrogens is 3. The summed E-state index contributed by atoms with van der Waals surface area (Å²) in [5, 5.41) is 2.62. The quantitative estimate of drug-likeness (QED) is 0.598. The standard InChI is InChI=1S/C24H25N5O3/c1-24(2,3)32-23(31)29-21(14-17-9-12-25-13-10-17)22(30)28-16-18-7-8-20(27-15-18)19-6-4-5-11-26-19/h4-13,15-16,21H,14H2,1-3H3,(H,29,31)/t21-/m0/s1. The zero-order valence-corrected chi connectivity index (χ0v) is 18.2. The van der Waals surface area contributed by atoms with Crippen LogP contribution in [0.4, 0.5) is 4.79 Å². The van der Waals surface area contributed by atoms with Gasteiger partial charge in [0, 0.05) is 43.0 Å². The molecule has 3 aromatic heterocycles. The number of alkyl carbamates (subject to hydrolysis) is 1. The Morgan fingerprint density at radius 2 is 1.78 bits per heavy atom. The summed E-state index contributed by atoms with van der Waals surface area (Å²) >= 11 is 0. The molecule has 0 spiro atoms. The normalized spacial score (nSPS) is 12.3. The van der Waals surface area contributed by atoms with Crippen molar-refractivity contribution < 1.29 is 14.3 Å². The molecule has 0 saturated heterocycles. The fourth-order valence-corrected chi connectivity index (χ4v) is 2.78. The van der Waals surface area contributed by atoms with Gasteiger partial charge in [0.2, 0.25) is 0 Å². The van der Waals surface area contributed by atoms with Crippen LogP contribution in [0, 0.1) is 0 Å². The first kappa shape index (κ1) is 22.7. The Labute approximate surface area is 186 Å². The lowest BCUT2D eigenvalue weighted by Gasteiger charge is -2.22. The Balaban J connectivity index is 1.71. The Morgan fingerprint density at radius 1 is 1.03 bits per heavy atom. The number of carbonyl (C=O) groups excluding carboxylic acids is 2. The van der Waals surface area contributed by atoms with Crippen LogP contribution < -0.4 is 5.32 Å². The Hall–Kier alpha value is -3.94. The predicted molar refractivity (Wildman–Crippen MR) is 121 cm³/mol. The van der Waals surface area contributed by atoms with Crippen LogP contribution in [-0.2, 0) is 16.0 Å². The molecule has 1 N–H and O–H groups in total.